The normalized spacial score (nSPS) is 26.9. The topological polar surface area (TPSA) is 43.8 Å². The second kappa shape index (κ2) is 4.35. The van der Waals surface area contributed by atoms with Crippen molar-refractivity contribution in [2.45, 2.75) is 45.6 Å². The smallest absolute Gasteiger partial charge is 0.0954 e. The first-order chi connectivity index (χ1) is 7.24. The van der Waals surface area contributed by atoms with Crippen molar-refractivity contribution in [3.8, 4) is 0 Å². The number of nitrogens with two attached hydrogens (primary N) is 1. The molecule has 0 aliphatic heterocycles. The Morgan fingerprint density at radius 3 is 2.73 bits per heavy atom. The molecular weight excluding hydrogens is 186 g/mol. The van der Waals surface area contributed by atoms with E-state index in [4.69, 9.17) is 5.73 Å². The van der Waals surface area contributed by atoms with Crippen molar-refractivity contribution in [1.82, 2.24) is 9.55 Å². The Bertz CT molecular complexity index is 330. The lowest BCUT2D eigenvalue weighted by molar-refractivity contribution is 0.242. The van der Waals surface area contributed by atoms with Crippen LogP contribution in [0.2, 0.25) is 0 Å². The quantitative estimate of drug-likeness (QED) is 0.808. The number of hydrogen-bond acceptors (Lipinski definition) is 2. The molecule has 3 heteroatoms. The standard InChI is InChI=1S/C12H21N3/c1-9-10(2)15(8-14-9)12-6-4-3-5-11(12)7-13/h8,11-12H,3-7,13H2,1-2H3. The van der Waals surface area contributed by atoms with Gasteiger partial charge in [0, 0.05) is 11.7 Å². The van der Waals surface area contributed by atoms with Crippen LogP contribution in [-0.4, -0.2) is 16.1 Å². The maximum absolute atomic E-state index is 5.85. The highest BCUT2D eigenvalue weighted by atomic mass is 15.1. The first kappa shape index (κ1) is 10.7. The van der Waals surface area contributed by atoms with Gasteiger partial charge in [-0.25, -0.2) is 4.98 Å². The fraction of sp³-hybridized carbons (Fsp3) is 0.750. The minimum atomic E-state index is 0.588. The molecule has 0 bridgehead atoms. The van der Waals surface area contributed by atoms with E-state index >= 15 is 0 Å². The first-order valence-electron chi connectivity index (χ1n) is 5.94. The highest BCUT2D eigenvalue weighted by molar-refractivity contribution is 5.10. The second-order valence-electron chi connectivity index (χ2n) is 4.67. The second-order valence-corrected chi connectivity index (χ2v) is 4.67. The summed E-state index contributed by atoms with van der Waals surface area (Å²) in [7, 11) is 0. The molecule has 0 amide bonds. The van der Waals surface area contributed by atoms with Gasteiger partial charge in [0.05, 0.1) is 12.0 Å². The van der Waals surface area contributed by atoms with Crippen LogP contribution in [0.15, 0.2) is 6.33 Å². The van der Waals surface area contributed by atoms with Gasteiger partial charge in [0.15, 0.2) is 0 Å². The van der Waals surface area contributed by atoms with Crippen molar-refractivity contribution in [2.24, 2.45) is 11.7 Å². The number of imidazole rings is 1. The molecule has 1 aromatic heterocycles. The van der Waals surface area contributed by atoms with E-state index in [-0.39, 0.29) is 0 Å². The van der Waals surface area contributed by atoms with Gasteiger partial charge in [-0.05, 0) is 39.2 Å². The summed E-state index contributed by atoms with van der Waals surface area (Å²) in [6.45, 7) is 5.04. The largest absolute Gasteiger partial charge is 0.331 e. The Morgan fingerprint density at radius 1 is 1.40 bits per heavy atom. The molecule has 1 aliphatic carbocycles. The van der Waals surface area contributed by atoms with Gasteiger partial charge < -0.3 is 10.3 Å². The third-order valence-electron chi connectivity index (χ3n) is 3.82. The van der Waals surface area contributed by atoms with Crippen molar-refractivity contribution in [3.05, 3.63) is 17.7 Å². The summed E-state index contributed by atoms with van der Waals surface area (Å²) in [6.07, 6.45) is 7.20. The molecule has 1 saturated carbocycles. The Labute approximate surface area is 91.7 Å². The third-order valence-corrected chi connectivity index (χ3v) is 3.82. The van der Waals surface area contributed by atoms with Gasteiger partial charge in [-0.1, -0.05) is 12.8 Å². The van der Waals surface area contributed by atoms with Crippen molar-refractivity contribution in [1.29, 1.82) is 0 Å². The van der Waals surface area contributed by atoms with E-state index in [1.807, 2.05) is 6.33 Å². The third kappa shape index (κ3) is 1.93. The summed E-state index contributed by atoms with van der Waals surface area (Å²) in [5, 5.41) is 0. The van der Waals surface area contributed by atoms with E-state index < -0.39 is 0 Å². The molecule has 0 spiro atoms. The van der Waals surface area contributed by atoms with Crippen molar-refractivity contribution < 1.29 is 0 Å². The molecule has 0 radical (unpaired) electrons. The molecule has 1 heterocycles. The van der Waals surface area contributed by atoms with Crippen LogP contribution in [0.3, 0.4) is 0 Å². The molecule has 3 nitrogen and oxygen atoms in total. The Balaban J connectivity index is 2.24. The fourth-order valence-corrected chi connectivity index (χ4v) is 2.68. The zero-order valence-corrected chi connectivity index (χ0v) is 9.74. The predicted molar refractivity (Wildman–Crippen MR) is 61.8 cm³/mol. The van der Waals surface area contributed by atoms with Crippen LogP contribution in [-0.2, 0) is 0 Å². The van der Waals surface area contributed by atoms with Crippen LogP contribution < -0.4 is 5.73 Å². The van der Waals surface area contributed by atoms with E-state index in [2.05, 4.69) is 23.4 Å². The summed E-state index contributed by atoms with van der Waals surface area (Å²) in [6, 6.07) is 0.588. The molecule has 0 saturated heterocycles. The number of aromatic nitrogens is 2. The van der Waals surface area contributed by atoms with Crippen LogP contribution in [0, 0.1) is 19.8 Å². The molecule has 84 valence electrons. The molecule has 2 N–H and O–H groups in total. The van der Waals surface area contributed by atoms with Crippen LogP contribution >= 0.6 is 0 Å². The highest BCUT2D eigenvalue weighted by Crippen LogP contribution is 2.34. The van der Waals surface area contributed by atoms with E-state index in [0.29, 0.717) is 12.0 Å². The minimum Gasteiger partial charge on any atom is -0.331 e. The molecule has 15 heavy (non-hydrogen) atoms. The number of aryl methyl sites for hydroxylation is 1. The lowest BCUT2D eigenvalue weighted by Crippen LogP contribution is -2.29. The average Bonchev–Trinajstić information content (AvgIpc) is 2.60. The molecule has 2 unspecified atom stereocenters. The van der Waals surface area contributed by atoms with Crippen LogP contribution in [0.5, 0.6) is 0 Å². The van der Waals surface area contributed by atoms with Crippen LogP contribution in [0.25, 0.3) is 0 Å². The molecule has 2 atom stereocenters. The molecule has 0 aromatic carbocycles. The van der Waals surface area contributed by atoms with E-state index in [9.17, 15) is 0 Å². The van der Waals surface area contributed by atoms with Gasteiger partial charge >= 0.3 is 0 Å². The summed E-state index contributed by atoms with van der Waals surface area (Å²) in [4.78, 5) is 4.38. The van der Waals surface area contributed by atoms with Crippen LogP contribution in [0.1, 0.15) is 43.1 Å². The molecule has 1 aliphatic rings. The predicted octanol–water partition coefficient (Wildman–Crippen LogP) is 2.19. The average molecular weight is 207 g/mol. The zero-order chi connectivity index (χ0) is 10.8. The number of nitrogens with zero attached hydrogens (tertiary/aromatic N) is 2. The lowest BCUT2D eigenvalue weighted by Gasteiger charge is -2.32. The number of rotatable bonds is 2. The molecule has 2 rings (SSSR count). The summed E-state index contributed by atoms with van der Waals surface area (Å²) < 4.78 is 2.34. The Kier molecular flexibility index (Phi) is 3.10. The first-order valence-corrected chi connectivity index (χ1v) is 5.94. The van der Waals surface area contributed by atoms with Crippen LogP contribution in [0.4, 0.5) is 0 Å². The van der Waals surface area contributed by atoms with Gasteiger partial charge in [0.2, 0.25) is 0 Å². The maximum atomic E-state index is 5.85. The summed E-state index contributed by atoms with van der Waals surface area (Å²) in [5.41, 5.74) is 8.31. The van der Waals surface area contributed by atoms with Crippen molar-refractivity contribution in [2.75, 3.05) is 6.54 Å². The van der Waals surface area contributed by atoms with E-state index in [1.54, 1.807) is 0 Å². The van der Waals surface area contributed by atoms with E-state index in [1.165, 1.54) is 31.4 Å². The zero-order valence-electron chi connectivity index (χ0n) is 9.74. The summed E-state index contributed by atoms with van der Waals surface area (Å²) >= 11 is 0. The van der Waals surface area contributed by atoms with Gasteiger partial charge in [-0.15, -0.1) is 0 Å². The maximum Gasteiger partial charge on any atom is 0.0954 e. The van der Waals surface area contributed by atoms with Gasteiger partial charge in [-0.3, -0.25) is 0 Å². The molecular formula is C12H21N3. The minimum absolute atomic E-state index is 0.588. The van der Waals surface area contributed by atoms with E-state index in [0.717, 1.165) is 12.2 Å². The molecule has 1 aromatic rings. The van der Waals surface area contributed by atoms with Gasteiger partial charge in [0.1, 0.15) is 0 Å². The lowest BCUT2D eigenvalue weighted by atomic mass is 9.84. The summed E-state index contributed by atoms with van der Waals surface area (Å²) in [5.74, 6) is 0.644. The van der Waals surface area contributed by atoms with Crippen molar-refractivity contribution in [3.63, 3.8) is 0 Å². The monoisotopic (exact) mass is 207 g/mol. The Hall–Kier alpha value is -0.830. The van der Waals surface area contributed by atoms with Gasteiger partial charge in [0.25, 0.3) is 0 Å². The van der Waals surface area contributed by atoms with Gasteiger partial charge in [-0.2, -0.15) is 0 Å². The SMILES string of the molecule is Cc1ncn(C2CCCCC2CN)c1C. The molecule has 1 fully saturated rings. The highest BCUT2D eigenvalue weighted by Gasteiger charge is 2.26. The number of hydrogen-bond donors (Lipinski definition) is 1. The fourth-order valence-electron chi connectivity index (χ4n) is 2.68. The van der Waals surface area contributed by atoms with Crippen molar-refractivity contribution >= 4 is 0 Å². The Morgan fingerprint density at radius 2 is 2.13 bits per heavy atom.